The zero-order valence-corrected chi connectivity index (χ0v) is 28.0. The Kier molecular flexibility index (Phi) is 9.82. The first kappa shape index (κ1) is 32.9. The van der Waals surface area contributed by atoms with Gasteiger partial charge in [-0.1, -0.05) is 52.7 Å². The Morgan fingerprint density at radius 2 is 1.64 bits per heavy atom. The van der Waals surface area contributed by atoms with Crippen LogP contribution in [0.1, 0.15) is 86.7 Å². The molecule has 4 heterocycles. The lowest BCUT2D eigenvalue weighted by Gasteiger charge is -2.40. The average Bonchev–Trinajstić information content (AvgIpc) is 3.71. The predicted molar refractivity (Wildman–Crippen MR) is 170 cm³/mol. The van der Waals surface area contributed by atoms with Crippen molar-refractivity contribution in [1.29, 1.82) is 0 Å². The van der Waals surface area contributed by atoms with Gasteiger partial charge in [0.1, 0.15) is 24.9 Å². The number of imide groups is 1. The van der Waals surface area contributed by atoms with E-state index in [1.165, 1.54) is 26.8 Å². The Morgan fingerprint density at radius 3 is 2.24 bits per heavy atom. The fourth-order valence-corrected chi connectivity index (χ4v) is 6.83. The summed E-state index contributed by atoms with van der Waals surface area (Å²) in [5.41, 5.74) is 0.500. The van der Waals surface area contributed by atoms with Crippen LogP contribution in [0.2, 0.25) is 18.1 Å². The number of amides is 2. The van der Waals surface area contributed by atoms with Crippen molar-refractivity contribution in [3.63, 3.8) is 0 Å². The molecule has 0 aliphatic carbocycles. The van der Waals surface area contributed by atoms with Gasteiger partial charge in [0.25, 0.3) is 11.8 Å². The molecule has 13 heteroatoms. The molecule has 1 fully saturated rings. The average molecular weight is 637 g/mol. The van der Waals surface area contributed by atoms with Crippen molar-refractivity contribution < 1.29 is 23.5 Å². The predicted octanol–water partition coefficient (Wildman–Crippen LogP) is 4.76. The van der Waals surface area contributed by atoms with E-state index in [9.17, 15) is 14.4 Å². The highest BCUT2D eigenvalue weighted by Crippen LogP contribution is 2.43. The number of nitrogens with zero attached hydrogens (tertiary/aromatic N) is 6. The molecule has 0 bridgehead atoms. The number of ether oxygens (including phenoxy) is 2. The zero-order valence-electron chi connectivity index (χ0n) is 27.0. The molecule has 2 amide bonds. The van der Waals surface area contributed by atoms with E-state index in [2.05, 4.69) is 48.9 Å². The summed E-state index contributed by atoms with van der Waals surface area (Å²) in [6.45, 7) is 13.9. The number of aromatic nitrogens is 5. The normalized spacial score (nSPS) is 22.0. The lowest BCUT2D eigenvalue weighted by Crippen LogP contribution is -2.50. The Bertz CT molecular complexity index is 1520. The molecule has 45 heavy (non-hydrogen) atoms. The summed E-state index contributed by atoms with van der Waals surface area (Å²) in [7, 11) is -2.29. The highest BCUT2D eigenvalue weighted by molar-refractivity contribution is 6.74. The van der Waals surface area contributed by atoms with Gasteiger partial charge in [0.15, 0.2) is 20.4 Å². The number of unbranched alkanes of at least 4 members (excludes halogenated alkanes) is 3. The minimum Gasteiger partial charge on any atom is -0.407 e. The Morgan fingerprint density at radius 1 is 0.956 bits per heavy atom. The SMILES string of the molecule is CC[C@H]1O[C@@H](n2ccc(-n3cncn3)nc2=O)[C@@H](O[Si](C)(C)C(C)(C)C)C1OCCCCCCN1C(=O)c2ccccc2C1=O. The number of rotatable bonds is 13. The summed E-state index contributed by atoms with van der Waals surface area (Å²) in [4.78, 5) is 48.0. The molecule has 1 saturated heterocycles. The van der Waals surface area contributed by atoms with Gasteiger partial charge < -0.3 is 13.9 Å². The first-order valence-electron chi connectivity index (χ1n) is 15.8. The van der Waals surface area contributed by atoms with Crippen LogP contribution in [-0.2, 0) is 13.9 Å². The van der Waals surface area contributed by atoms with Crippen molar-refractivity contribution >= 4 is 20.1 Å². The molecule has 4 atom stereocenters. The second-order valence-electron chi connectivity index (χ2n) is 13.2. The number of benzene rings is 1. The van der Waals surface area contributed by atoms with Gasteiger partial charge in [-0.2, -0.15) is 10.1 Å². The maximum Gasteiger partial charge on any atom is 0.351 e. The standard InChI is InChI=1S/C32H44N6O6Si/c1-7-24-26(42-19-13-9-8-12-17-36-28(39)22-14-10-11-15-23(22)29(36)40)27(44-45(5,6)32(2,3)4)30(43-24)37-18-16-25(35-31(37)41)38-21-33-20-34-38/h10-11,14-16,18,20-21,24,26-27,30H,7-9,12-13,17,19H2,1-6H3/t24-,26?,27+,30-/m1/s1. The summed E-state index contributed by atoms with van der Waals surface area (Å²) < 4.78 is 22.8. The lowest BCUT2D eigenvalue weighted by atomic mass is 10.1. The molecule has 2 aliphatic heterocycles. The highest BCUT2D eigenvalue weighted by Gasteiger charge is 2.51. The Hall–Kier alpha value is -3.52. The van der Waals surface area contributed by atoms with E-state index in [0.29, 0.717) is 36.5 Å². The van der Waals surface area contributed by atoms with Crippen LogP contribution in [0.15, 0.2) is 54.0 Å². The number of hydrogen-bond donors (Lipinski definition) is 0. The second kappa shape index (κ2) is 13.5. The van der Waals surface area contributed by atoms with Gasteiger partial charge >= 0.3 is 5.69 Å². The maximum atomic E-state index is 13.3. The van der Waals surface area contributed by atoms with Crippen molar-refractivity contribution in [2.24, 2.45) is 0 Å². The monoisotopic (exact) mass is 636 g/mol. The zero-order chi connectivity index (χ0) is 32.4. The van der Waals surface area contributed by atoms with Gasteiger partial charge in [-0.25, -0.2) is 14.5 Å². The minimum absolute atomic E-state index is 0.0635. The van der Waals surface area contributed by atoms with Gasteiger partial charge in [-0.15, -0.1) is 0 Å². The minimum atomic E-state index is -2.29. The van der Waals surface area contributed by atoms with Gasteiger partial charge in [0, 0.05) is 19.3 Å². The van der Waals surface area contributed by atoms with Gasteiger partial charge in [-0.05, 0) is 55.6 Å². The van der Waals surface area contributed by atoms with Gasteiger partial charge in [0.2, 0.25) is 0 Å². The first-order chi connectivity index (χ1) is 21.4. The molecule has 242 valence electrons. The third kappa shape index (κ3) is 6.86. The molecule has 0 N–H and O–H groups in total. The van der Waals surface area contributed by atoms with Crippen LogP contribution in [0.25, 0.3) is 5.82 Å². The molecule has 1 aromatic carbocycles. The third-order valence-corrected chi connectivity index (χ3v) is 13.6. The highest BCUT2D eigenvalue weighted by atomic mass is 28.4. The summed E-state index contributed by atoms with van der Waals surface area (Å²) >= 11 is 0. The van der Waals surface area contributed by atoms with E-state index in [1.807, 2.05) is 6.92 Å². The van der Waals surface area contributed by atoms with Crippen molar-refractivity contribution in [3.05, 3.63) is 70.8 Å². The summed E-state index contributed by atoms with van der Waals surface area (Å²) in [5, 5.41) is 4.01. The molecular formula is C32H44N6O6Si. The molecule has 3 aromatic rings. The maximum absolute atomic E-state index is 13.3. The van der Waals surface area contributed by atoms with Crippen LogP contribution >= 0.6 is 0 Å². The molecule has 0 radical (unpaired) electrons. The van der Waals surface area contributed by atoms with E-state index < -0.39 is 26.3 Å². The number of carbonyl (C=O) groups is 2. The van der Waals surface area contributed by atoms with E-state index in [4.69, 9.17) is 13.9 Å². The largest absolute Gasteiger partial charge is 0.407 e. The molecule has 2 aliphatic rings. The molecule has 0 saturated carbocycles. The van der Waals surface area contributed by atoms with E-state index in [0.717, 1.165) is 25.7 Å². The smallest absolute Gasteiger partial charge is 0.351 e. The van der Waals surface area contributed by atoms with Crippen molar-refractivity contribution in [3.8, 4) is 5.82 Å². The summed E-state index contributed by atoms with van der Waals surface area (Å²) in [6.07, 6.45) is 6.70. The van der Waals surface area contributed by atoms with Crippen molar-refractivity contribution in [1.82, 2.24) is 29.2 Å². The summed E-state index contributed by atoms with van der Waals surface area (Å²) in [6, 6.07) is 8.68. The fourth-order valence-electron chi connectivity index (χ4n) is 5.54. The lowest BCUT2D eigenvalue weighted by molar-refractivity contribution is -0.0411. The van der Waals surface area contributed by atoms with Crippen LogP contribution in [0.4, 0.5) is 0 Å². The molecule has 2 aromatic heterocycles. The molecule has 5 rings (SSSR count). The number of fused-ring (bicyclic) bond motifs is 1. The topological polar surface area (TPSA) is 131 Å². The van der Waals surface area contributed by atoms with Gasteiger partial charge in [-0.3, -0.25) is 19.1 Å². The molecule has 0 spiro atoms. The Labute approximate surface area is 264 Å². The summed E-state index contributed by atoms with van der Waals surface area (Å²) in [5.74, 6) is -0.0534. The molecular weight excluding hydrogens is 592 g/mol. The van der Waals surface area contributed by atoms with Crippen LogP contribution in [0.3, 0.4) is 0 Å². The van der Waals surface area contributed by atoms with Crippen molar-refractivity contribution in [2.45, 2.75) is 102 Å². The van der Waals surface area contributed by atoms with E-state index in [1.54, 1.807) is 36.5 Å². The number of carbonyl (C=O) groups excluding carboxylic acids is 2. The van der Waals surface area contributed by atoms with Crippen LogP contribution in [0, 0.1) is 0 Å². The van der Waals surface area contributed by atoms with Gasteiger partial charge in [0.05, 0.1) is 17.2 Å². The van der Waals surface area contributed by atoms with Crippen molar-refractivity contribution in [2.75, 3.05) is 13.2 Å². The van der Waals surface area contributed by atoms with E-state index in [-0.39, 0.29) is 29.1 Å². The quantitative estimate of drug-likeness (QED) is 0.148. The van der Waals surface area contributed by atoms with Crippen LogP contribution in [0.5, 0.6) is 0 Å². The molecule has 12 nitrogen and oxygen atoms in total. The van der Waals surface area contributed by atoms with E-state index >= 15 is 0 Å². The van der Waals surface area contributed by atoms with Crippen LogP contribution in [-0.4, -0.2) is 80.8 Å². The van der Waals surface area contributed by atoms with Crippen LogP contribution < -0.4 is 5.69 Å². The third-order valence-electron chi connectivity index (χ3n) is 9.13. The second-order valence-corrected chi connectivity index (χ2v) is 17.9. The fraction of sp³-hybridized carbons (Fsp3) is 0.562. The Balaban J connectivity index is 1.21. The number of hydrogen-bond acceptors (Lipinski definition) is 9. The first-order valence-corrected chi connectivity index (χ1v) is 18.7. The molecule has 1 unspecified atom stereocenters.